The van der Waals surface area contributed by atoms with E-state index in [0.29, 0.717) is 0 Å². The second-order valence-electron chi connectivity index (χ2n) is 13.6. The minimum atomic E-state index is -0.508. The van der Waals surface area contributed by atoms with E-state index in [0.717, 1.165) is 11.4 Å². The van der Waals surface area contributed by atoms with E-state index in [1.54, 1.807) is 0 Å². The van der Waals surface area contributed by atoms with Crippen LogP contribution in [0.2, 0.25) is 0 Å². The van der Waals surface area contributed by atoms with E-state index in [1.807, 2.05) is 0 Å². The average molecular weight is 650 g/mol. The molecule has 1 N–H and O–H groups in total. The van der Waals surface area contributed by atoms with Gasteiger partial charge in [0, 0.05) is 22.5 Å². The van der Waals surface area contributed by atoms with Crippen molar-refractivity contribution < 1.29 is 0 Å². The Balaban J connectivity index is 1.25. The predicted octanol–water partition coefficient (Wildman–Crippen LogP) is 12.2. The van der Waals surface area contributed by atoms with E-state index >= 15 is 0 Å². The van der Waals surface area contributed by atoms with Crippen LogP contribution in [0, 0.1) is 0 Å². The van der Waals surface area contributed by atoms with E-state index in [-0.39, 0.29) is 0 Å². The molecule has 51 heavy (non-hydrogen) atoms. The summed E-state index contributed by atoms with van der Waals surface area (Å²) in [6.45, 7) is 0. The smallest absolute Gasteiger partial charge is 0.0733 e. The Kier molecular flexibility index (Phi) is 6.69. The maximum atomic E-state index is 4.12. The number of rotatable bonds is 6. The van der Waals surface area contributed by atoms with Crippen LogP contribution in [0.1, 0.15) is 44.5 Å². The van der Waals surface area contributed by atoms with Crippen molar-refractivity contribution in [1.82, 2.24) is 0 Å². The lowest BCUT2D eigenvalue weighted by Gasteiger charge is -2.35. The van der Waals surface area contributed by atoms with Crippen molar-refractivity contribution in [1.29, 1.82) is 0 Å². The third kappa shape index (κ3) is 4.09. The van der Waals surface area contributed by atoms with Crippen molar-refractivity contribution in [2.75, 3.05) is 5.32 Å². The topological polar surface area (TPSA) is 12.0 Å². The van der Waals surface area contributed by atoms with E-state index in [1.165, 1.54) is 66.8 Å². The Labute approximate surface area is 299 Å². The highest BCUT2D eigenvalue weighted by Gasteiger charge is 2.49. The van der Waals surface area contributed by atoms with Gasteiger partial charge in [0.05, 0.1) is 10.8 Å². The largest absolute Gasteiger partial charge is 0.355 e. The number of anilines is 2. The summed E-state index contributed by atoms with van der Waals surface area (Å²) in [6.07, 6.45) is 0. The number of fused-ring (bicyclic) bond motifs is 6. The molecule has 0 saturated carbocycles. The number of hydrogen-bond acceptors (Lipinski definition) is 1. The maximum Gasteiger partial charge on any atom is 0.0733 e. The van der Waals surface area contributed by atoms with Crippen LogP contribution in [-0.4, -0.2) is 0 Å². The van der Waals surface area contributed by atoms with Crippen LogP contribution in [-0.2, 0) is 10.8 Å². The fourth-order valence-electron chi connectivity index (χ4n) is 9.35. The van der Waals surface area contributed by atoms with E-state index in [4.69, 9.17) is 0 Å². The molecule has 0 bridgehead atoms. The second kappa shape index (κ2) is 11.6. The first-order chi connectivity index (χ1) is 25.3. The Morgan fingerprint density at radius 3 is 1.24 bits per heavy atom. The van der Waals surface area contributed by atoms with Gasteiger partial charge in [-0.05, 0) is 67.8 Å². The zero-order valence-electron chi connectivity index (χ0n) is 28.1. The van der Waals surface area contributed by atoms with E-state index < -0.39 is 10.8 Å². The molecule has 0 amide bonds. The van der Waals surface area contributed by atoms with Crippen molar-refractivity contribution in [3.05, 3.63) is 251 Å². The van der Waals surface area contributed by atoms with Gasteiger partial charge < -0.3 is 5.32 Å². The fourth-order valence-corrected chi connectivity index (χ4v) is 9.35. The Hall–Kier alpha value is -6.44. The van der Waals surface area contributed by atoms with Crippen molar-refractivity contribution in [3.63, 3.8) is 0 Å². The summed E-state index contributed by atoms with van der Waals surface area (Å²) in [4.78, 5) is 0. The van der Waals surface area contributed by atoms with E-state index in [9.17, 15) is 0 Å². The standard InChI is InChI=1S/C50H35N/c1-5-19-35(20-6-1)49(36-21-7-2-8-22-36)43-31-16-14-28-41(43)47-44(49)32-18-33-45(47)51-46-34-17-29-40-39-27-13-15-30-42(39)50(48(40)46,37-23-9-3-10-24-37)38-25-11-4-12-26-38/h1-34,51H. The first-order valence-corrected chi connectivity index (χ1v) is 17.8. The molecule has 0 saturated heterocycles. The molecule has 1 heteroatoms. The first-order valence-electron chi connectivity index (χ1n) is 17.8. The number of benzene rings is 8. The van der Waals surface area contributed by atoms with E-state index in [2.05, 4.69) is 212 Å². The van der Waals surface area contributed by atoms with Crippen LogP contribution in [0.4, 0.5) is 11.4 Å². The first kappa shape index (κ1) is 29.5. The minimum absolute atomic E-state index is 0.459. The lowest BCUT2D eigenvalue weighted by molar-refractivity contribution is 0.768. The van der Waals surface area contributed by atoms with Crippen LogP contribution in [0.15, 0.2) is 206 Å². The summed E-state index contributed by atoms with van der Waals surface area (Å²) < 4.78 is 0. The Morgan fingerprint density at radius 1 is 0.275 bits per heavy atom. The van der Waals surface area contributed by atoms with Crippen molar-refractivity contribution in [2.24, 2.45) is 0 Å². The van der Waals surface area contributed by atoms with Crippen LogP contribution < -0.4 is 5.32 Å². The van der Waals surface area contributed by atoms with Gasteiger partial charge in [0.15, 0.2) is 0 Å². The van der Waals surface area contributed by atoms with Gasteiger partial charge >= 0.3 is 0 Å². The average Bonchev–Trinajstić information content (AvgIpc) is 3.69. The van der Waals surface area contributed by atoms with Gasteiger partial charge in [-0.15, -0.1) is 0 Å². The summed E-state index contributed by atoms with van der Waals surface area (Å²) in [7, 11) is 0. The quantitative estimate of drug-likeness (QED) is 0.189. The highest BCUT2D eigenvalue weighted by Crippen LogP contribution is 2.61. The molecule has 240 valence electrons. The highest BCUT2D eigenvalue weighted by molar-refractivity contribution is 5.97. The SMILES string of the molecule is c1ccc(C2(c3ccccc3)c3ccccc3-c3c(Nc4cccc5c4C(c4ccccc4)(c4ccccc4)c4ccccc4-5)cccc32)cc1. The van der Waals surface area contributed by atoms with Crippen molar-refractivity contribution in [3.8, 4) is 22.3 Å². The maximum absolute atomic E-state index is 4.12. The molecule has 10 rings (SSSR count). The van der Waals surface area contributed by atoms with Gasteiger partial charge in [-0.25, -0.2) is 0 Å². The van der Waals surface area contributed by atoms with Crippen molar-refractivity contribution >= 4 is 11.4 Å². The zero-order chi connectivity index (χ0) is 33.8. The molecule has 0 spiro atoms. The molecule has 0 radical (unpaired) electrons. The van der Waals surface area contributed by atoms with Gasteiger partial charge in [0.1, 0.15) is 0 Å². The molecular formula is C50H35N. The molecule has 0 heterocycles. The van der Waals surface area contributed by atoms with Crippen LogP contribution in [0.5, 0.6) is 0 Å². The number of nitrogens with one attached hydrogen (secondary N) is 1. The lowest BCUT2D eigenvalue weighted by Crippen LogP contribution is -2.29. The summed E-state index contributed by atoms with van der Waals surface area (Å²) in [5, 5.41) is 4.12. The normalized spacial score (nSPS) is 14.2. The summed E-state index contributed by atoms with van der Waals surface area (Å²) >= 11 is 0. The molecule has 0 unspecified atom stereocenters. The minimum Gasteiger partial charge on any atom is -0.355 e. The molecule has 1 nitrogen and oxygen atoms in total. The molecule has 8 aromatic carbocycles. The second-order valence-corrected chi connectivity index (χ2v) is 13.6. The molecule has 2 aliphatic rings. The number of hydrogen-bond donors (Lipinski definition) is 1. The molecule has 0 aliphatic heterocycles. The molecule has 2 aliphatic carbocycles. The Bertz CT molecular complexity index is 2460. The summed E-state index contributed by atoms with van der Waals surface area (Å²) in [5.74, 6) is 0. The molecule has 0 atom stereocenters. The monoisotopic (exact) mass is 649 g/mol. The van der Waals surface area contributed by atoms with Gasteiger partial charge in [-0.3, -0.25) is 0 Å². The van der Waals surface area contributed by atoms with Crippen LogP contribution >= 0.6 is 0 Å². The third-order valence-corrected chi connectivity index (χ3v) is 11.2. The molecular weight excluding hydrogens is 615 g/mol. The van der Waals surface area contributed by atoms with Crippen LogP contribution in [0.3, 0.4) is 0 Å². The Morgan fingerprint density at radius 2 is 0.667 bits per heavy atom. The van der Waals surface area contributed by atoms with Crippen molar-refractivity contribution in [2.45, 2.75) is 10.8 Å². The summed E-state index contributed by atoms with van der Waals surface area (Å²) in [6, 6.07) is 75.7. The van der Waals surface area contributed by atoms with Gasteiger partial charge in [-0.2, -0.15) is 0 Å². The lowest BCUT2D eigenvalue weighted by atomic mass is 9.67. The molecule has 8 aromatic rings. The summed E-state index contributed by atoms with van der Waals surface area (Å²) in [5.41, 5.74) is 16.5. The van der Waals surface area contributed by atoms with Gasteiger partial charge in [0.25, 0.3) is 0 Å². The predicted molar refractivity (Wildman–Crippen MR) is 211 cm³/mol. The fraction of sp³-hybridized carbons (Fsp3) is 0.0400. The highest BCUT2D eigenvalue weighted by atomic mass is 14.9. The van der Waals surface area contributed by atoms with Crippen LogP contribution in [0.25, 0.3) is 22.3 Å². The van der Waals surface area contributed by atoms with Gasteiger partial charge in [0.2, 0.25) is 0 Å². The third-order valence-electron chi connectivity index (χ3n) is 11.2. The molecule has 0 aromatic heterocycles. The van der Waals surface area contributed by atoms with Gasteiger partial charge in [-0.1, -0.05) is 194 Å². The zero-order valence-corrected chi connectivity index (χ0v) is 28.1. The molecule has 0 fully saturated rings.